The molecule has 2 aromatic carbocycles. The summed E-state index contributed by atoms with van der Waals surface area (Å²) in [5, 5.41) is 0. The van der Waals surface area contributed by atoms with Crippen molar-refractivity contribution in [1.29, 1.82) is 0 Å². The number of hydrogen-bond acceptors (Lipinski definition) is 4. The van der Waals surface area contributed by atoms with E-state index in [9.17, 15) is 9.59 Å². The van der Waals surface area contributed by atoms with Crippen molar-refractivity contribution in [1.82, 2.24) is 15.0 Å². The monoisotopic (exact) mass is 438 g/mol. The van der Waals surface area contributed by atoms with E-state index in [1.165, 1.54) is 0 Å². The molecule has 0 aliphatic carbocycles. The van der Waals surface area contributed by atoms with E-state index in [1.54, 1.807) is 30.4 Å². The molecule has 0 unspecified atom stereocenters. The Kier molecular flexibility index (Phi) is 5.92. The van der Waals surface area contributed by atoms with Crippen molar-refractivity contribution in [2.75, 3.05) is 4.90 Å². The number of allylic oxidation sites excluding steroid dienone is 4. The molecule has 0 bridgehead atoms. The van der Waals surface area contributed by atoms with Gasteiger partial charge in [-0.05, 0) is 55.7 Å². The van der Waals surface area contributed by atoms with Gasteiger partial charge in [0.05, 0.1) is 12.0 Å². The van der Waals surface area contributed by atoms with E-state index < -0.39 is 11.1 Å². The summed E-state index contributed by atoms with van der Waals surface area (Å²) in [5.74, 6) is 0.825. The lowest BCUT2D eigenvalue weighted by Gasteiger charge is -2.21. The van der Waals surface area contributed by atoms with Crippen LogP contribution >= 0.6 is 0 Å². The van der Waals surface area contributed by atoms with Crippen molar-refractivity contribution in [2.24, 2.45) is 0 Å². The Hall–Kier alpha value is -4.06. The van der Waals surface area contributed by atoms with Gasteiger partial charge in [0, 0.05) is 11.3 Å². The number of aromatic amines is 1. The molecule has 1 aromatic heterocycles. The van der Waals surface area contributed by atoms with Crippen LogP contribution in [0.4, 0.5) is 5.69 Å². The molecule has 0 radical (unpaired) electrons. The molecule has 166 valence electrons. The Labute approximate surface area is 193 Å². The van der Waals surface area contributed by atoms with Crippen molar-refractivity contribution in [3.8, 4) is 11.4 Å². The summed E-state index contributed by atoms with van der Waals surface area (Å²) in [6, 6.07) is 13.8. The third-order valence-corrected chi connectivity index (χ3v) is 5.81. The van der Waals surface area contributed by atoms with Gasteiger partial charge in [0.15, 0.2) is 5.82 Å². The number of aryl methyl sites for hydroxylation is 1. The number of hydrogen-bond donors (Lipinski definition) is 1. The minimum absolute atomic E-state index is 0.0678. The summed E-state index contributed by atoms with van der Waals surface area (Å²) in [6.45, 7) is 9.91. The van der Waals surface area contributed by atoms with Crippen LogP contribution in [0, 0.1) is 6.92 Å². The van der Waals surface area contributed by atoms with Crippen LogP contribution in [0.2, 0.25) is 0 Å². The highest BCUT2D eigenvalue weighted by molar-refractivity contribution is 6.07. The summed E-state index contributed by atoms with van der Waals surface area (Å²) in [6.07, 6.45) is 8.71. The molecular formula is C27H26N4O2. The highest BCUT2D eigenvalue weighted by Gasteiger charge is 2.43. The number of amides is 1. The Morgan fingerprint density at radius 1 is 1.06 bits per heavy atom. The second-order valence-corrected chi connectivity index (χ2v) is 8.53. The van der Waals surface area contributed by atoms with Gasteiger partial charge in [0.25, 0.3) is 0 Å². The van der Waals surface area contributed by atoms with Crippen LogP contribution in [0.3, 0.4) is 0 Å². The fourth-order valence-corrected chi connectivity index (χ4v) is 4.04. The van der Waals surface area contributed by atoms with Crippen LogP contribution in [0.25, 0.3) is 17.5 Å². The number of benzene rings is 2. The Balaban J connectivity index is 1.69. The van der Waals surface area contributed by atoms with E-state index in [0.717, 1.165) is 27.9 Å². The SMILES string of the molecule is C=C/C=C\C=C\c1nc(-c2cc(CN3C(=O)C(C)(C)c4ccccc43)ccc2C)nc(=O)[nH]1. The maximum absolute atomic E-state index is 13.2. The lowest BCUT2D eigenvalue weighted by atomic mass is 9.86. The highest BCUT2D eigenvalue weighted by Crippen LogP contribution is 2.42. The standard InChI is InChI=1S/C27H26N4O2/c1-5-6-7-8-13-23-28-24(30-26(33)29-23)20-16-19(15-14-18(20)2)17-31-22-12-10-9-11-21(22)27(3,4)25(31)32/h5-16H,1,17H2,2-4H3,(H,28,29,30,33)/b7-6-,13-8+. The highest BCUT2D eigenvalue weighted by atomic mass is 16.2. The molecule has 33 heavy (non-hydrogen) atoms. The van der Waals surface area contributed by atoms with Gasteiger partial charge >= 0.3 is 5.69 Å². The minimum Gasteiger partial charge on any atom is -0.307 e. The smallest absolute Gasteiger partial charge is 0.307 e. The van der Waals surface area contributed by atoms with Gasteiger partial charge in [-0.1, -0.05) is 61.2 Å². The number of rotatable bonds is 6. The maximum Gasteiger partial charge on any atom is 0.348 e. The molecule has 3 aromatic rings. The number of para-hydroxylation sites is 1. The van der Waals surface area contributed by atoms with Crippen molar-refractivity contribution in [3.63, 3.8) is 0 Å². The number of nitrogens with one attached hydrogen (secondary N) is 1. The topological polar surface area (TPSA) is 79.0 Å². The van der Waals surface area contributed by atoms with E-state index in [-0.39, 0.29) is 5.91 Å². The zero-order valence-corrected chi connectivity index (χ0v) is 19.0. The maximum atomic E-state index is 13.2. The molecule has 0 spiro atoms. The van der Waals surface area contributed by atoms with Crippen LogP contribution in [0.5, 0.6) is 0 Å². The molecule has 6 heteroatoms. The number of anilines is 1. The third-order valence-electron chi connectivity index (χ3n) is 5.81. The average Bonchev–Trinajstić information content (AvgIpc) is 2.98. The molecule has 0 saturated heterocycles. The molecule has 0 atom stereocenters. The van der Waals surface area contributed by atoms with Gasteiger partial charge < -0.3 is 4.90 Å². The number of fused-ring (bicyclic) bond motifs is 1. The summed E-state index contributed by atoms with van der Waals surface area (Å²) >= 11 is 0. The molecule has 0 saturated carbocycles. The third kappa shape index (κ3) is 4.32. The van der Waals surface area contributed by atoms with Gasteiger partial charge in [0.2, 0.25) is 5.91 Å². The van der Waals surface area contributed by atoms with Crippen molar-refractivity contribution in [2.45, 2.75) is 32.7 Å². The zero-order chi connectivity index (χ0) is 23.6. The first-order chi connectivity index (χ1) is 15.8. The van der Waals surface area contributed by atoms with Crippen LogP contribution < -0.4 is 10.6 Å². The Morgan fingerprint density at radius 2 is 1.85 bits per heavy atom. The van der Waals surface area contributed by atoms with Crippen molar-refractivity contribution in [3.05, 3.63) is 106 Å². The van der Waals surface area contributed by atoms with Gasteiger partial charge in [-0.2, -0.15) is 4.98 Å². The van der Waals surface area contributed by atoms with Crippen LogP contribution in [0.15, 0.2) is 78.1 Å². The normalized spacial score (nSPS) is 14.9. The lowest BCUT2D eigenvalue weighted by molar-refractivity contribution is -0.122. The Bertz CT molecular complexity index is 1350. The quantitative estimate of drug-likeness (QED) is 0.565. The molecule has 1 aliphatic heterocycles. The predicted octanol–water partition coefficient (Wildman–Crippen LogP) is 4.72. The summed E-state index contributed by atoms with van der Waals surface area (Å²) in [7, 11) is 0. The zero-order valence-electron chi connectivity index (χ0n) is 19.0. The second kappa shape index (κ2) is 8.82. The first-order valence-electron chi connectivity index (χ1n) is 10.8. The summed E-state index contributed by atoms with van der Waals surface area (Å²) in [4.78, 5) is 38.4. The first kappa shape index (κ1) is 22.1. The number of carbonyl (C=O) groups is 1. The van der Waals surface area contributed by atoms with E-state index in [4.69, 9.17) is 0 Å². The molecule has 6 nitrogen and oxygen atoms in total. The largest absolute Gasteiger partial charge is 0.348 e. The van der Waals surface area contributed by atoms with Crippen LogP contribution in [-0.2, 0) is 16.8 Å². The molecule has 1 amide bonds. The molecule has 2 heterocycles. The lowest BCUT2D eigenvalue weighted by Crippen LogP contribution is -2.35. The van der Waals surface area contributed by atoms with Gasteiger partial charge in [-0.3, -0.25) is 9.78 Å². The molecule has 4 rings (SSSR count). The first-order valence-corrected chi connectivity index (χ1v) is 10.8. The fraction of sp³-hybridized carbons (Fsp3) is 0.185. The average molecular weight is 439 g/mol. The molecule has 1 N–H and O–H groups in total. The second-order valence-electron chi connectivity index (χ2n) is 8.53. The van der Waals surface area contributed by atoms with E-state index >= 15 is 0 Å². The summed E-state index contributed by atoms with van der Waals surface area (Å²) in [5.41, 5.74) is 3.56. The molecule has 0 fully saturated rings. The predicted molar refractivity (Wildman–Crippen MR) is 132 cm³/mol. The van der Waals surface area contributed by atoms with Crippen LogP contribution in [-0.4, -0.2) is 20.9 Å². The van der Waals surface area contributed by atoms with Crippen molar-refractivity contribution < 1.29 is 4.79 Å². The number of carbonyl (C=O) groups excluding carboxylic acids is 1. The van der Waals surface area contributed by atoms with E-state index in [0.29, 0.717) is 18.2 Å². The fourth-order valence-electron chi connectivity index (χ4n) is 4.04. The number of nitrogens with zero attached hydrogens (tertiary/aromatic N) is 3. The number of aromatic nitrogens is 3. The van der Waals surface area contributed by atoms with Gasteiger partial charge in [-0.25, -0.2) is 9.78 Å². The van der Waals surface area contributed by atoms with Crippen LogP contribution in [0.1, 0.15) is 36.4 Å². The number of H-pyrrole nitrogens is 1. The van der Waals surface area contributed by atoms with Gasteiger partial charge in [0.1, 0.15) is 5.82 Å². The van der Waals surface area contributed by atoms with E-state index in [1.807, 2.05) is 68.1 Å². The minimum atomic E-state index is -0.568. The van der Waals surface area contributed by atoms with Gasteiger partial charge in [-0.15, -0.1) is 0 Å². The van der Waals surface area contributed by atoms with Crippen molar-refractivity contribution >= 4 is 17.7 Å². The molecular weight excluding hydrogens is 412 g/mol. The summed E-state index contributed by atoms with van der Waals surface area (Å²) < 4.78 is 0. The van der Waals surface area contributed by atoms with E-state index in [2.05, 4.69) is 21.5 Å². The Morgan fingerprint density at radius 3 is 2.64 bits per heavy atom. The molecule has 1 aliphatic rings.